The molecule has 1 atom stereocenters. The number of benzene rings is 2. The minimum atomic E-state index is -0.397. The molecule has 1 aliphatic rings. The SMILES string of the molecule is Cc1cc(Br)ccc1N1CC(C(=O)Nc2ccc(C#N)cc2)CC1=O. The summed E-state index contributed by atoms with van der Waals surface area (Å²) in [4.78, 5) is 26.5. The second kappa shape index (κ2) is 7.08. The van der Waals surface area contributed by atoms with Gasteiger partial charge in [0.2, 0.25) is 11.8 Å². The average molecular weight is 398 g/mol. The normalized spacial score (nSPS) is 16.6. The van der Waals surface area contributed by atoms with E-state index in [0.717, 1.165) is 15.7 Å². The molecule has 1 heterocycles. The summed E-state index contributed by atoms with van der Waals surface area (Å²) in [7, 11) is 0. The summed E-state index contributed by atoms with van der Waals surface area (Å²) >= 11 is 3.41. The zero-order valence-corrected chi connectivity index (χ0v) is 15.2. The number of hydrogen-bond acceptors (Lipinski definition) is 3. The zero-order chi connectivity index (χ0) is 18.0. The Labute approximate surface area is 154 Å². The number of nitrogens with one attached hydrogen (secondary N) is 1. The maximum absolute atomic E-state index is 12.5. The van der Waals surface area contributed by atoms with Crippen LogP contribution in [0.15, 0.2) is 46.9 Å². The highest BCUT2D eigenvalue weighted by Crippen LogP contribution is 2.30. The number of rotatable bonds is 3. The molecule has 0 radical (unpaired) electrons. The minimum absolute atomic E-state index is 0.0506. The van der Waals surface area contributed by atoms with Crippen LogP contribution in [0.4, 0.5) is 11.4 Å². The van der Waals surface area contributed by atoms with Crippen molar-refractivity contribution in [3.8, 4) is 6.07 Å². The van der Waals surface area contributed by atoms with E-state index in [1.807, 2.05) is 31.2 Å². The summed E-state index contributed by atoms with van der Waals surface area (Å²) in [5.41, 5.74) is 2.97. The van der Waals surface area contributed by atoms with Crippen molar-refractivity contribution in [2.24, 2.45) is 5.92 Å². The highest BCUT2D eigenvalue weighted by atomic mass is 79.9. The molecular weight excluding hydrogens is 382 g/mol. The minimum Gasteiger partial charge on any atom is -0.326 e. The van der Waals surface area contributed by atoms with E-state index in [-0.39, 0.29) is 18.2 Å². The number of amides is 2. The van der Waals surface area contributed by atoms with Crippen molar-refractivity contribution in [1.82, 2.24) is 0 Å². The van der Waals surface area contributed by atoms with Crippen LogP contribution >= 0.6 is 15.9 Å². The highest BCUT2D eigenvalue weighted by molar-refractivity contribution is 9.10. The number of hydrogen-bond donors (Lipinski definition) is 1. The Bertz CT molecular complexity index is 871. The predicted octanol–water partition coefficient (Wildman–Crippen LogP) is 3.62. The van der Waals surface area contributed by atoms with E-state index in [4.69, 9.17) is 5.26 Å². The van der Waals surface area contributed by atoms with E-state index in [0.29, 0.717) is 17.8 Å². The first-order valence-electron chi connectivity index (χ1n) is 7.85. The molecule has 0 aliphatic carbocycles. The summed E-state index contributed by atoms with van der Waals surface area (Å²) in [6.45, 7) is 2.31. The lowest BCUT2D eigenvalue weighted by atomic mass is 10.1. The molecule has 1 N–H and O–H groups in total. The Balaban J connectivity index is 1.71. The monoisotopic (exact) mass is 397 g/mol. The highest BCUT2D eigenvalue weighted by Gasteiger charge is 2.35. The van der Waals surface area contributed by atoms with Gasteiger partial charge < -0.3 is 10.2 Å². The van der Waals surface area contributed by atoms with Gasteiger partial charge in [-0.15, -0.1) is 0 Å². The van der Waals surface area contributed by atoms with Gasteiger partial charge >= 0.3 is 0 Å². The molecule has 2 aromatic carbocycles. The van der Waals surface area contributed by atoms with E-state index in [1.165, 1.54) is 0 Å². The molecule has 0 aromatic heterocycles. The van der Waals surface area contributed by atoms with Crippen LogP contribution in [0.2, 0.25) is 0 Å². The zero-order valence-electron chi connectivity index (χ0n) is 13.6. The molecule has 1 saturated heterocycles. The van der Waals surface area contributed by atoms with Crippen molar-refractivity contribution in [3.63, 3.8) is 0 Å². The Morgan fingerprint density at radius 2 is 2.00 bits per heavy atom. The topological polar surface area (TPSA) is 73.2 Å². The fraction of sp³-hybridized carbons (Fsp3) is 0.211. The Hall–Kier alpha value is -2.65. The van der Waals surface area contributed by atoms with Crippen LogP contribution in [-0.4, -0.2) is 18.4 Å². The van der Waals surface area contributed by atoms with Crippen LogP contribution in [0.1, 0.15) is 17.5 Å². The van der Waals surface area contributed by atoms with Crippen molar-refractivity contribution in [1.29, 1.82) is 5.26 Å². The van der Waals surface area contributed by atoms with Crippen LogP contribution in [-0.2, 0) is 9.59 Å². The largest absolute Gasteiger partial charge is 0.326 e. The van der Waals surface area contributed by atoms with E-state index in [9.17, 15) is 9.59 Å². The first-order valence-corrected chi connectivity index (χ1v) is 8.65. The average Bonchev–Trinajstić information content (AvgIpc) is 2.97. The van der Waals surface area contributed by atoms with Gasteiger partial charge in [0.1, 0.15) is 0 Å². The van der Waals surface area contributed by atoms with E-state index < -0.39 is 5.92 Å². The van der Waals surface area contributed by atoms with Gasteiger partial charge in [-0.25, -0.2) is 0 Å². The van der Waals surface area contributed by atoms with Gasteiger partial charge in [-0.1, -0.05) is 15.9 Å². The molecule has 2 amide bonds. The van der Waals surface area contributed by atoms with Crippen LogP contribution < -0.4 is 10.2 Å². The number of nitrogens with zero attached hydrogens (tertiary/aromatic N) is 2. The summed E-state index contributed by atoms with van der Waals surface area (Å²) in [5, 5.41) is 11.6. The number of aryl methyl sites for hydroxylation is 1. The maximum atomic E-state index is 12.5. The Kier molecular flexibility index (Phi) is 4.86. The van der Waals surface area contributed by atoms with Gasteiger partial charge in [0.05, 0.1) is 17.6 Å². The summed E-state index contributed by atoms with van der Waals surface area (Å²) < 4.78 is 0.954. The molecule has 5 nitrogen and oxygen atoms in total. The smallest absolute Gasteiger partial charge is 0.229 e. The lowest BCUT2D eigenvalue weighted by Gasteiger charge is -2.19. The van der Waals surface area contributed by atoms with Gasteiger partial charge in [-0.2, -0.15) is 5.26 Å². The molecule has 6 heteroatoms. The second-order valence-corrected chi connectivity index (χ2v) is 6.93. The second-order valence-electron chi connectivity index (χ2n) is 6.01. The number of nitriles is 1. The fourth-order valence-corrected chi connectivity index (χ4v) is 3.39. The number of halogens is 1. The molecule has 126 valence electrons. The molecule has 2 aromatic rings. The van der Waals surface area contributed by atoms with E-state index >= 15 is 0 Å². The van der Waals surface area contributed by atoms with Crippen molar-refractivity contribution >= 4 is 39.1 Å². The van der Waals surface area contributed by atoms with Gasteiger partial charge in [0.15, 0.2) is 0 Å². The molecule has 25 heavy (non-hydrogen) atoms. The van der Waals surface area contributed by atoms with E-state index in [2.05, 4.69) is 21.2 Å². The third-order valence-corrected chi connectivity index (χ3v) is 4.72. The van der Waals surface area contributed by atoms with Crippen LogP contribution in [0, 0.1) is 24.2 Å². The Morgan fingerprint density at radius 1 is 1.28 bits per heavy atom. The van der Waals surface area contributed by atoms with Gasteiger partial charge in [-0.05, 0) is 55.0 Å². The van der Waals surface area contributed by atoms with Gasteiger partial charge in [0, 0.05) is 28.8 Å². The van der Waals surface area contributed by atoms with E-state index in [1.54, 1.807) is 29.2 Å². The molecular formula is C19H16BrN3O2. The quantitative estimate of drug-likeness (QED) is 0.859. The van der Waals surface area contributed by atoms with Crippen molar-refractivity contribution in [2.75, 3.05) is 16.8 Å². The lowest BCUT2D eigenvalue weighted by molar-refractivity contribution is -0.122. The molecule has 0 bridgehead atoms. The number of anilines is 2. The maximum Gasteiger partial charge on any atom is 0.229 e. The molecule has 1 fully saturated rings. The first kappa shape index (κ1) is 17.2. The summed E-state index contributed by atoms with van der Waals surface area (Å²) in [6.07, 6.45) is 0.192. The molecule has 1 unspecified atom stereocenters. The lowest BCUT2D eigenvalue weighted by Crippen LogP contribution is -2.28. The Morgan fingerprint density at radius 3 is 2.64 bits per heavy atom. The van der Waals surface area contributed by atoms with Crippen molar-refractivity contribution in [3.05, 3.63) is 58.1 Å². The fourth-order valence-electron chi connectivity index (χ4n) is 2.91. The van der Waals surface area contributed by atoms with Crippen molar-refractivity contribution < 1.29 is 9.59 Å². The van der Waals surface area contributed by atoms with Crippen molar-refractivity contribution in [2.45, 2.75) is 13.3 Å². The predicted molar refractivity (Wildman–Crippen MR) is 99.1 cm³/mol. The van der Waals surface area contributed by atoms with Crippen LogP contribution in [0.3, 0.4) is 0 Å². The van der Waals surface area contributed by atoms with Gasteiger partial charge in [-0.3, -0.25) is 9.59 Å². The van der Waals surface area contributed by atoms with Crippen LogP contribution in [0.5, 0.6) is 0 Å². The van der Waals surface area contributed by atoms with Crippen LogP contribution in [0.25, 0.3) is 0 Å². The first-order chi connectivity index (χ1) is 12.0. The summed E-state index contributed by atoms with van der Waals surface area (Å²) in [5.74, 6) is -0.632. The molecule has 3 rings (SSSR count). The molecule has 1 aliphatic heterocycles. The third kappa shape index (κ3) is 3.72. The molecule has 0 spiro atoms. The summed E-state index contributed by atoms with van der Waals surface area (Å²) in [6, 6.07) is 14.4. The third-order valence-electron chi connectivity index (χ3n) is 4.23. The molecule has 0 saturated carbocycles. The number of carbonyl (C=O) groups is 2. The number of carbonyl (C=O) groups excluding carboxylic acids is 2. The standard InChI is InChI=1S/C19H16BrN3O2/c1-12-8-15(20)4-7-17(12)23-11-14(9-18(23)24)19(25)22-16-5-2-13(10-21)3-6-16/h2-8,14H,9,11H2,1H3,(H,22,25). The van der Waals surface area contributed by atoms with Gasteiger partial charge in [0.25, 0.3) is 0 Å².